The monoisotopic (exact) mass is 343 g/mol. The van der Waals surface area contributed by atoms with Crippen molar-refractivity contribution in [3.05, 3.63) is 59.7 Å². The van der Waals surface area contributed by atoms with Gasteiger partial charge < -0.3 is 16.2 Å². The minimum Gasteiger partial charge on any atom is -0.399 e. The van der Waals surface area contributed by atoms with Crippen LogP contribution in [-0.2, 0) is 0 Å². The second-order valence-electron chi connectivity index (χ2n) is 6.98. The Hall–Kier alpha value is -2.60. The summed E-state index contributed by atoms with van der Waals surface area (Å²) in [7, 11) is 0. The highest BCUT2D eigenvalue weighted by Gasteiger charge is 2.38. The molecule has 0 radical (unpaired) electrons. The third-order valence-electron chi connectivity index (χ3n) is 4.00. The Morgan fingerprint density at radius 2 is 2.00 bits per heavy atom. The van der Waals surface area contributed by atoms with Crippen LogP contribution in [0.1, 0.15) is 42.8 Å². The van der Waals surface area contributed by atoms with Crippen molar-refractivity contribution >= 4 is 17.2 Å². The largest absolute Gasteiger partial charge is 0.399 e. The van der Waals surface area contributed by atoms with Gasteiger partial charge in [0.25, 0.3) is 0 Å². The van der Waals surface area contributed by atoms with E-state index in [4.69, 9.17) is 11.1 Å². The molecule has 6 heteroatoms. The fraction of sp³-hybridized carbons (Fsp3) is 0.316. The van der Waals surface area contributed by atoms with Gasteiger partial charge in [-0.3, -0.25) is 9.78 Å². The van der Waals surface area contributed by atoms with Gasteiger partial charge in [0.15, 0.2) is 5.78 Å². The van der Waals surface area contributed by atoms with Gasteiger partial charge >= 0.3 is 0 Å². The van der Waals surface area contributed by atoms with E-state index in [1.165, 1.54) is 18.3 Å². The molecule has 2 rings (SSSR count). The molecule has 0 aliphatic rings. The van der Waals surface area contributed by atoms with Crippen LogP contribution in [0.5, 0.6) is 0 Å². The third kappa shape index (κ3) is 4.09. The molecule has 132 valence electrons. The lowest BCUT2D eigenvalue weighted by Crippen LogP contribution is -2.37. The van der Waals surface area contributed by atoms with Crippen LogP contribution in [-0.4, -0.2) is 21.6 Å². The molecule has 1 aromatic carbocycles. The Kier molecular flexibility index (Phi) is 5.33. The molecule has 0 aliphatic carbocycles. The number of hydrogen-bond donors (Lipinski definition) is 3. The van der Waals surface area contributed by atoms with Crippen LogP contribution in [0.4, 0.5) is 10.1 Å². The molecule has 0 amide bonds. The number of halogens is 1. The Labute approximate surface area is 146 Å². The van der Waals surface area contributed by atoms with Crippen molar-refractivity contribution in [2.75, 3.05) is 5.73 Å². The molecule has 0 aliphatic heterocycles. The summed E-state index contributed by atoms with van der Waals surface area (Å²) in [6.45, 7) is 5.31. The minimum atomic E-state index is -1.30. The smallest absolute Gasteiger partial charge is 0.177 e. The summed E-state index contributed by atoms with van der Waals surface area (Å²) in [6, 6.07) is 7.01. The Morgan fingerprint density at radius 3 is 2.52 bits per heavy atom. The van der Waals surface area contributed by atoms with Crippen molar-refractivity contribution in [3.63, 3.8) is 0 Å². The van der Waals surface area contributed by atoms with E-state index < -0.39 is 29.0 Å². The molecule has 0 saturated carbocycles. The van der Waals surface area contributed by atoms with Gasteiger partial charge in [-0.25, -0.2) is 4.39 Å². The summed E-state index contributed by atoms with van der Waals surface area (Å²) in [4.78, 5) is 16.9. The van der Waals surface area contributed by atoms with Crippen LogP contribution in [0, 0.1) is 22.6 Å². The van der Waals surface area contributed by atoms with Crippen molar-refractivity contribution in [3.8, 4) is 0 Å². The van der Waals surface area contributed by atoms with Crippen LogP contribution < -0.4 is 5.73 Å². The zero-order chi connectivity index (χ0) is 18.8. The molecular weight excluding hydrogens is 321 g/mol. The maximum atomic E-state index is 14.2. The molecule has 0 bridgehead atoms. The van der Waals surface area contributed by atoms with E-state index in [1.54, 1.807) is 39.1 Å². The van der Waals surface area contributed by atoms with Crippen molar-refractivity contribution < 1.29 is 14.3 Å². The Morgan fingerprint density at radius 1 is 1.32 bits per heavy atom. The summed E-state index contributed by atoms with van der Waals surface area (Å²) in [6.07, 6.45) is 1.67. The van der Waals surface area contributed by atoms with E-state index in [9.17, 15) is 14.3 Å². The molecule has 1 heterocycles. The van der Waals surface area contributed by atoms with Crippen molar-refractivity contribution in [1.29, 1.82) is 5.41 Å². The molecule has 0 saturated heterocycles. The number of benzene rings is 1. The standard InChI is InChI=1S/C19H22FN3O2/c1-19(2,3)18(22)15(16(24)11-5-4-8-23-10-11)17(25)13-7-6-12(21)9-14(13)20/h4-10,15-16,22,24H,21H2,1-3H3. The lowest BCUT2D eigenvalue weighted by molar-refractivity contribution is 0.0775. The van der Waals surface area contributed by atoms with Crippen LogP contribution in [0.25, 0.3) is 0 Å². The number of nitrogens with zero attached hydrogens (tertiary/aromatic N) is 1. The SMILES string of the molecule is CC(C)(C)C(=N)C(C(=O)c1ccc(N)cc1F)C(O)c1cccnc1. The zero-order valence-electron chi connectivity index (χ0n) is 14.5. The molecule has 2 atom stereocenters. The summed E-state index contributed by atoms with van der Waals surface area (Å²) in [5.74, 6) is -2.65. The van der Waals surface area contributed by atoms with E-state index in [-0.39, 0.29) is 17.0 Å². The van der Waals surface area contributed by atoms with Crippen LogP contribution in [0.3, 0.4) is 0 Å². The predicted molar refractivity (Wildman–Crippen MR) is 95.0 cm³/mol. The molecule has 1 aromatic heterocycles. The summed E-state index contributed by atoms with van der Waals surface area (Å²) < 4.78 is 14.2. The fourth-order valence-electron chi connectivity index (χ4n) is 2.54. The summed E-state index contributed by atoms with van der Waals surface area (Å²) in [5.41, 5.74) is 5.27. The molecule has 25 heavy (non-hydrogen) atoms. The molecule has 4 N–H and O–H groups in total. The first-order chi connectivity index (χ1) is 11.6. The minimum absolute atomic E-state index is 0.0186. The molecule has 0 spiro atoms. The quantitative estimate of drug-likeness (QED) is 0.440. The predicted octanol–water partition coefficient (Wildman–Crippen LogP) is 3.40. The van der Waals surface area contributed by atoms with Gasteiger partial charge in [-0.1, -0.05) is 26.8 Å². The normalized spacial score (nSPS) is 14.0. The van der Waals surface area contributed by atoms with Gasteiger partial charge in [0.2, 0.25) is 0 Å². The van der Waals surface area contributed by atoms with E-state index in [1.807, 2.05) is 0 Å². The number of hydrogen-bond acceptors (Lipinski definition) is 5. The number of carbonyl (C=O) groups is 1. The highest BCUT2D eigenvalue weighted by molar-refractivity contribution is 6.13. The number of Topliss-reactive ketones (excluding diaryl/α,β-unsaturated/α-hetero) is 1. The second kappa shape index (κ2) is 7.11. The fourth-order valence-corrected chi connectivity index (χ4v) is 2.54. The average Bonchev–Trinajstić information content (AvgIpc) is 2.54. The van der Waals surface area contributed by atoms with Crippen LogP contribution in [0.2, 0.25) is 0 Å². The maximum Gasteiger partial charge on any atom is 0.177 e. The van der Waals surface area contributed by atoms with Gasteiger partial charge in [0, 0.05) is 29.2 Å². The van der Waals surface area contributed by atoms with Gasteiger partial charge in [0.1, 0.15) is 5.82 Å². The number of carbonyl (C=O) groups excluding carboxylic acids is 1. The summed E-state index contributed by atoms with van der Waals surface area (Å²) in [5, 5.41) is 19.2. The highest BCUT2D eigenvalue weighted by atomic mass is 19.1. The molecule has 2 aromatic rings. The molecule has 0 fully saturated rings. The lowest BCUT2D eigenvalue weighted by Gasteiger charge is -2.30. The molecule has 5 nitrogen and oxygen atoms in total. The van der Waals surface area contributed by atoms with Crippen LogP contribution in [0.15, 0.2) is 42.7 Å². The number of anilines is 1. The second-order valence-corrected chi connectivity index (χ2v) is 6.98. The van der Waals surface area contributed by atoms with Crippen molar-refractivity contribution in [2.24, 2.45) is 11.3 Å². The summed E-state index contributed by atoms with van der Waals surface area (Å²) >= 11 is 0. The van der Waals surface area contributed by atoms with E-state index >= 15 is 0 Å². The van der Waals surface area contributed by atoms with E-state index in [0.29, 0.717) is 5.56 Å². The van der Waals surface area contributed by atoms with Crippen LogP contribution >= 0.6 is 0 Å². The number of aromatic nitrogens is 1. The van der Waals surface area contributed by atoms with Gasteiger partial charge in [-0.2, -0.15) is 0 Å². The first kappa shape index (κ1) is 18.7. The third-order valence-corrected chi connectivity index (χ3v) is 4.00. The Balaban J connectivity index is 2.51. The van der Waals surface area contributed by atoms with Crippen molar-refractivity contribution in [2.45, 2.75) is 26.9 Å². The zero-order valence-corrected chi connectivity index (χ0v) is 14.5. The number of nitrogens with one attached hydrogen (secondary N) is 1. The average molecular weight is 343 g/mol. The number of aliphatic hydroxyl groups is 1. The Bertz CT molecular complexity index is 785. The highest BCUT2D eigenvalue weighted by Crippen LogP contribution is 2.33. The number of aliphatic hydroxyl groups excluding tert-OH is 1. The first-order valence-electron chi connectivity index (χ1n) is 7.89. The molecular formula is C19H22FN3O2. The van der Waals surface area contributed by atoms with Gasteiger partial charge in [0.05, 0.1) is 17.6 Å². The van der Waals surface area contributed by atoms with Crippen molar-refractivity contribution in [1.82, 2.24) is 4.98 Å². The number of rotatable bonds is 5. The van der Waals surface area contributed by atoms with E-state index in [2.05, 4.69) is 4.98 Å². The lowest BCUT2D eigenvalue weighted by atomic mass is 9.75. The first-order valence-corrected chi connectivity index (χ1v) is 7.89. The van der Waals surface area contributed by atoms with Gasteiger partial charge in [-0.15, -0.1) is 0 Å². The topological polar surface area (TPSA) is 100 Å². The number of ketones is 1. The number of pyridine rings is 1. The van der Waals surface area contributed by atoms with E-state index in [0.717, 1.165) is 6.07 Å². The number of nitrogens with two attached hydrogens (primary N) is 1. The van der Waals surface area contributed by atoms with Gasteiger partial charge in [-0.05, 0) is 29.8 Å². The number of nitrogen functional groups attached to an aromatic ring is 1. The maximum absolute atomic E-state index is 14.2. The molecule has 2 unspecified atom stereocenters.